The molecule has 1 aliphatic rings. The second kappa shape index (κ2) is 9.72. The highest BCUT2D eigenvalue weighted by Crippen LogP contribution is 2.20. The summed E-state index contributed by atoms with van der Waals surface area (Å²) in [4.78, 5) is 47.7. The van der Waals surface area contributed by atoms with Crippen LogP contribution in [0.3, 0.4) is 0 Å². The number of imide groups is 1. The molecule has 1 fully saturated rings. The number of esters is 2. The summed E-state index contributed by atoms with van der Waals surface area (Å²) in [7, 11) is 2.40. The van der Waals surface area contributed by atoms with Gasteiger partial charge in [0.2, 0.25) is 0 Å². The smallest absolute Gasteiger partial charge is 0.338 e. The van der Waals surface area contributed by atoms with Crippen LogP contribution in [0.2, 0.25) is 0 Å². The van der Waals surface area contributed by atoms with Crippen molar-refractivity contribution in [3.63, 3.8) is 0 Å². The van der Waals surface area contributed by atoms with E-state index in [1.165, 1.54) is 39.3 Å². The van der Waals surface area contributed by atoms with Gasteiger partial charge in [0.05, 0.1) is 25.3 Å². The molecule has 2 N–H and O–H groups in total. The van der Waals surface area contributed by atoms with Crippen LogP contribution >= 0.6 is 0 Å². The van der Waals surface area contributed by atoms with Crippen LogP contribution in [0.15, 0.2) is 18.2 Å². The number of benzene rings is 1. The first-order chi connectivity index (χ1) is 13.3. The lowest BCUT2D eigenvalue weighted by molar-refractivity contribution is -0.126. The SMILES string of the molecule is COC(=O)c1cc(O[C@@H](C)C(=O)NC(=O)NC2CCCC2)cc(C(=O)OC)c1. The van der Waals surface area contributed by atoms with E-state index in [4.69, 9.17) is 4.74 Å². The molecular weight excluding hydrogens is 368 g/mol. The standard InChI is InChI=1S/C19H24N2O7/c1-11(16(22)21-19(25)20-14-6-4-5-7-14)28-15-9-12(17(23)26-2)8-13(10-15)18(24)27-3/h8-11,14H,4-7H2,1-3H3,(H2,20,21,22,25)/t11-/m0/s1. The summed E-state index contributed by atoms with van der Waals surface area (Å²) in [6, 6.07) is 3.46. The molecule has 1 saturated carbocycles. The summed E-state index contributed by atoms with van der Waals surface area (Å²) in [5, 5.41) is 4.97. The zero-order chi connectivity index (χ0) is 20.7. The van der Waals surface area contributed by atoms with E-state index >= 15 is 0 Å². The third kappa shape index (κ3) is 5.70. The molecule has 0 aliphatic heterocycles. The molecule has 0 aromatic heterocycles. The first kappa shape index (κ1) is 21.2. The summed E-state index contributed by atoms with van der Waals surface area (Å²) < 4.78 is 14.8. The minimum absolute atomic E-state index is 0.0620. The van der Waals surface area contributed by atoms with Gasteiger partial charge >= 0.3 is 18.0 Å². The highest BCUT2D eigenvalue weighted by Gasteiger charge is 2.22. The molecule has 1 atom stereocenters. The van der Waals surface area contributed by atoms with Gasteiger partial charge in [-0.25, -0.2) is 14.4 Å². The van der Waals surface area contributed by atoms with Gasteiger partial charge in [0.25, 0.3) is 5.91 Å². The maximum absolute atomic E-state index is 12.2. The molecule has 0 bridgehead atoms. The minimum atomic E-state index is -1.05. The number of hydrogen-bond acceptors (Lipinski definition) is 7. The van der Waals surface area contributed by atoms with Crippen molar-refractivity contribution in [3.05, 3.63) is 29.3 Å². The predicted octanol–water partition coefficient (Wildman–Crippen LogP) is 1.80. The Hall–Kier alpha value is -3.10. The van der Waals surface area contributed by atoms with Crippen LogP contribution in [0.25, 0.3) is 0 Å². The number of methoxy groups -OCH3 is 2. The maximum Gasteiger partial charge on any atom is 0.338 e. The highest BCUT2D eigenvalue weighted by molar-refractivity contribution is 5.97. The Bertz CT molecular complexity index is 722. The predicted molar refractivity (Wildman–Crippen MR) is 98.1 cm³/mol. The number of nitrogens with one attached hydrogen (secondary N) is 2. The Morgan fingerprint density at radius 3 is 2.00 bits per heavy atom. The van der Waals surface area contributed by atoms with Crippen LogP contribution < -0.4 is 15.4 Å². The summed E-state index contributed by atoms with van der Waals surface area (Å²) in [5.74, 6) is -1.92. The van der Waals surface area contributed by atoms with Crippen LogP contribution in [-0.4, -0.2) is 50.2 Å². The lowest BCUT2D eigenvalue weighted by atomic mass is 10.1. The van der Waals surface area contributed by atoms with E-state index in [1.807, 2.05) is 0 Å². The number of carbonyl (C=O) groups is 4. The summed E-state index contributed by atoms with van der Waals surface area (Å²) in [6.45, 7) is 1.45. The lowest BCUT2D eigenvalue weighted by Gasteiger charge is -2.17. The van der Waals surface area contributed by atoms with Crippen LogP contribution in [0, 0.1) is 0 Å². The number of amides is 3. The molecule has 0 radical (unpaired) electrons. The summed E-state index contributed by atoms with van der Waals surface area (Å²) in [6.07, 6.45) is 2.84. The molecule has 0 spiro atoms. The van der Waals surface area contributed by atoms with Crippen molar-refractivity contribution >= 4 is 23.9 Å². The molecule has 1 aromatic carbocycles. The van der Waals surface area contributed by atoms with Crippen molar-refractivity contribution in [2.24, 2.45) is 0 Å². The summed E-state index contributed by atoms with van der Waals surface area (Å²) >= 11 is 0. The van der Waals surface area contributed by atoms with Crippen molar-refractivity contribution < 1.29 is 33.4 Å². The molecule has 2 rings (SSSR count). The first-order valence-corrected chi connectivity index (χ1v) is 8.93. The van der Waals surface area contributed by atoms with Gasteiger partial charge in [0, 0.05) is 6.04 Å². The monoisotopic (exact) mass is 392 g/mol. The fraction of sp³-hybridized carbons (Fsp3) is 0.474. The molecule has 152 valence electrons. The Labute approximate surface area is 162 Å². The van der Waals surface area contributed by atoms with E-state index in [9.17, 15) is 19.2 Å². The molecule has 0 unspecified atom stereocenters. The van der Waals surface area contributed by atoms with Gasteiger partial charge < -0.3 is 19.5 Å². The van der Waals surface area contributed by atoms with Crippen molar-refractivity contribution in [1.82, 2.24) is 10.6 Å². The Kier molecular flexibility index (Phi) is 7.36. The zero-order valence-electron chi connectivity index (χ0n) is 16.1. The van der Waals surface area contributed by atoms with Crippen molar-refractivity contribution in [1.29, 1.82) is 0 Å². The van der Waals surface area contributed by atoms with Crippen molar-refractivity contribution in [2.45, 2.75) is 44.8 Å². The largest absolute Gasteiger partial charge is 0.481 e. The van der Waals surface area contributed by atoms with E-state index < -0.39 is 30.0 Å². The molecule has 9 nitrogen and oxygen atoms in total. The second-order valence-electron chi connectivity index (χ2n) is 6.43. The zero-order valence-corrected chi connectivity index (χ0v) is 16.1. The number of ether oxygens (including phenoxy) is 3. The van der Waals surface area contributed by atoms with Gasteiger partial charge in [-0.2, -0.15) is 0 Å². The number of hydrogen-bond donors (Lipinski definition) is 2. The molecule has 0 heterocycles. The topological polar surface area (TPSA) is 120 Å². The van der Waals surface area contributed by atoms with E-state index in [0.717, 1.165) is 25.7 Å². The van der Waals surface area contributed by atoms with Crippen LogP contribution in [0.4, 0.5) is 4.79 Å². The highest BCUT2D eigenvalue weighted by atomic mass is 16.5. The van der Waals surface area contributed by atoms with E-state index in [2.05, 4.69) is 20.1 Å². The molecular formula is C19H24N2O7. The van der Waals surface area contributed by atoms with Crippen molar-refractivity contribution in [3.8, 4) is 5.75 Å². The average Bonchev–Trinajstić information content (AvgIpc) is 3.18. The number of urea groups is 1. The van der Waals surface area contributed by atoms with Crippen molar-refractivity contribution in [2.75, 3.05) is 14.2 Å². The molecule has 3 amide bonds. The average molecular weight is 392 g/mol. The van der Waals surface area contributed by atoms with Crippen LogP contribution in [0.5, 0.6) is 5.75 Å². The van der Waals surface area contributed by atoms with E-state index in [1.54, 1.807) is 0 Å². The number of rotatable bonds is 6. The van der Waals surface area contributed by atoms with E-state index in [0.29, 0.717) is 0 Å². The fourth-order valence-electron chi connectivity index (χ4n) is 2.90. The normalized spacial score (nSPS) is 14.7. The minimum Gasteiger partial charge on any atom is -0.481 e. The fourth-order valence-corrected chi connectivity index (χ4v) is 2.90. The molecule has 1 aromatic rings. The molecule has 1 aliphatic carbocycles. The quantitative estimate of drug-likeness (QED) is 0.708. The van der Waals surface area contributed by atoms with Gasteiger partial charge in [-0.3, -0.25) is 10.1 Å². The van der Waals surface area contributed by atoms with Gasteiger partial charge in [-0.1, -0.05) is 12.8 Å². The maximum atomic E-state index is 12.2. The van der Waals surface area contributed by atoms with Gasteiger partial charge in [-0.15, -0.1) is 0 Å². The number of carbonyl (C=O) groups excluding carboxylic acids is 4. The molecule has 28 heavy (non-hydrogen) atoms. The lowest BCUT2D eigenvalue weighted by Crippen LogP contribution is -2.47. The van der Waals surface area contributed by atoms with Crippen LogP contribution in [-0.2, 0) is 14.3 Å². The third-order valence-corrected chi connectivity index (χ3v) is 4.36. The van der Waals surface area contributed by atoms with E-state index in [-0.39, 0.29) is 22.9 Å². The Morgan fingerprint density at radius 1 is 0.964 bits per heavy atom. The van der Waals surface area contributed by atoms with Gasteiger partial charge in [0.15, 0.2) is 6.10 Å². The third-order valence-electron chi connectivity index (χ3n) is 4.36. The molecule has 0 saturated heterocycles. The first-order valence-electron chi connectivity index (χ1n) is 8.93. The molecule has 9 heteroatoms. The van der Waals surface area contributed by atoms with Crippen LogP contribution in [0.1, 0.15) is 53.3 Å². The summed E-state index contributed by atoms with van der Waals surface area (Å²) in [5.41, 5.74) is 0.124. The van der Waals surface area contributed by atoms with Gasteiger partial charge in [0.1, 0.15) is 5.75 Å². The Balaban J connectivity index is 2.05. The Morgan fingerprint density at radius 2 is 1.50 bits per heavy atom. The van der Waals surface area contributed by atoms with Gasteiger partial charge in [-0.05, 0) is 38.0 Å². The second-order valence-corrected chi connectivity index (χ2v) is 6.43.